The Morgan fingerprint density at radius 1 is 1.33 bits per heavy atom. The highest BCUT2D eigenvalue weighted by atomic mass is 16.5. The molecule has 82 valence electrons. The second kappa shape index (κ2) is 6.28. The summed E-state index contributed by atoms with van der Waals surface area (Å²) in [6.45, 7) is 9.03. The van der Waals surface area contributed by atoms with Crippen molar-refractivity contribution in [1.29, 1.82) is 0 Å². The summed E-state index contributed by atoms with van der Waals surface area (Å²) in [5.74, 6) is 1.69. The summed E-state index contributed by atoms with van der Waals surface area (Å²) in [5.41, 5.74) is 1.07. The molecule has 0 spiro atoms. The molecule has 0 aliphatic carbocycles. The van der Waals surface area contributed by atoms with E-state index in [-0.39, 0.29) is 0 Å². The van der Waals surface area contributed by atoms with Crippen molar-refractivity contribution in [3.05, 3.63) is 36.4 Å². The summed E-state index contributed by atoms with van der Waals surface area (Å²) in [7, 11) is 0. The van der Waals surface area contributed by atoms with Crippen molar-refractivity contribution in [3.63, 3.8) is 0 Å². The van der Waals surface area contributed by atoms with E-state index in [1.807, 2.05) is 30.3 Å². The number of benzene rings is 1. The predicted molar refractivity (Wildman–Crippen MR) is 66.1 cm³/mol. The lowest BCUT2D eigenvalue weighted by atomic mass is 10.1. The Labute approximate surface area is 92.8 Å². The summed E-state index contributed by atoms with van der Waals surface area (Å²) in [6, 6.07) is 8.00. The molecule has 0 heterocycles. The normalized spacial score (nSPS) is 10.3. The molecule has 0 bridgehead atoms. The van der Waals surface area contributed by atoms with Gasteiger partial charge in [0.2, 0.25) is 0 Å². The van der Waals surface area contributed by atoms with Gasteiger partial charge in [0.05, 0.1) is 6.61 Å². The largest absolute Gasteiger partial charge is 0.493 e. The van der Waals surface area contributed by atoms with Crippen LogP contribution in [0, 0.1) is 5.92 Å². The third-order valence-electron chi connectivity index (χ3n) is 2.32. The Kier molecular flexibility index (Phi) is 4.96. The summed E-state index contributed by atoms with van der Waals surface area (Å²) < 4.78 is 5.71. The van der Waals surface area contributed by atoms with Gasteiger partial charge in [-0.3, -0.25) is 0 Å². The van der Waals surface area contributed by atoms with Gasteiger partial charge in [0.25, 0.3) is 0 Å². The van der Waals surface area contributed by atoms with Crippen LogP contribution in [-0.4, -0.2) is 6.61 Å². The van der Waals surface area contributed by atoms with Crippen molar-refractivity contribution in [3.8, 4) is 5.75 Å². The van der Waals surface area contributed by atoms with Gasteiger partial charge in [-0.2, -0.15) is 0 Å². The third-order valence-corrected chi connectivity index (χ3v) is 2.32. The number of hydrogen-bond acceptors (Lipinski definition) is 1. The molecule has 0 aliphatic rings. The molecule has 1 aromatic rings. The van der Waals surface area contributed by atoms with Gasteiger partial charge in [0, 0.05) is 5.56 Å². The van der Waals surface area contributed by atoms with Crippen LogP contribution in [0.25, 0.3) is 6.08 Å². The molecule has 0 amide bonds. The highest BCUT2D eigenvalue weighted by Gasteiger charge is 1.99. The monoisotopic (exact) mass is 204 g/mol. The van der Waals surface area contributed by atoms with Gasteiger partial charge >= 0.3 is 0 Å². The van der Waals surface area contributed by atoms with Crippen LogP contribution in [0.4, 0.5) is 0 Å². The Hall–Kier alpha value is -1.24. The summed E-state index contributed by atoms with van der Waals surface area (Å²) in [6.07, 6.45) is 4.16. The van der Waals surface area contributed by atoms with Gasteiger partial charge in [-0.1, -0.05) is 44.7 Å². The molecule has 1 rings (SSSR count). The van der Waals surface area contributed by atoms with Gasteiger partial charge in [-0.15, -0.1) is 0 Å². The lowest BCUT2D eigenvalue weighted by Gasteiger charge is -2.09. The molecule has 0 unspecified atom stereocenters. The molecule has 0 aliphatic heterocycles. The van der Waals surface area contributed by atoms with Crippen LogP contribution in [0.3, 0.4) is 0 Å². The summed E-state index contributed by atoms with van der Waals surface area (Å²) >= 11 is 0. The van der Waals surface area contributed by atoms with Crippen LogP contribution in [0.2, 0.25) is 0 Å². The first-order valence-corrected chi connectivity index (χ1v) is 5.58. The Balaban J connectivity index is 2.40. The first-order valence-electron chi connectivity index (χ1n) is 5.58. The van der Waals surface area contributed by atoms with E-state index in [0.717, 1.165) is 30.3 Å². The second-order valence-corrected chi connectivity index (χ2v) is 4.13. The predicted octanol–water partition coefficient (Wildman–Crippen LogP) is 4.14. The quantitative estimate of drug-likeness (QED) is 0.633. The number of hydrogen-bond donors (Lipinski definition) is 0. The standard InChI is InChI=1S/C14H20O/c1-4-13-9-5-6-10-14(13)15-11-7-8-12(2)3/h4-6,9-10,12H,1,7-8,11H2,2-3H3. The summed E-state index contributed by atoms with van der Waals surface area (Å²) in [5, 5.41) is 0. The van der Waals surface area contributed by atoms with Crippen molar-refractivity contribution in [2.75, 3.05) is 6.61 Å². The maximum Gasteiger partial charge on any atom is 0.126 e. The Morgan fingerprint density at radius 3 is 2.73 bits per heavy atom. The SMILES string of the molecule is C=Cc1ccccc1OCCCC(C)C. The van der Waals surface area contributed by atoms with Crippen LogP contribution in [0.1, 0.15) is 32.3 Å². The van der Waals surface area contributed by atoms with Gasteiger partial charge in [-0.25, -0.2) is 0 Å². The molecule has 0 radical (unpaired) electrons. The zero-order valence-electron chi connectivity index (χ0n) is 9.70. The fourth-order valence-corrected chi connectivity index (χ4v) is 1.45. The molecule has 0 N–H and O–H groups in total. The molecule has 15 heavy (non-hydrogen) atoms. The Morgan fingerprint density at radius 2 is 2.07 bits per heavy atom. The average Bonchev–Trinajstić information content (AvgIpc) is 2.24. The van der Waals surface area contributed by atoms with E-state index in [1.54, 1.807) is 0 Å². The van der Waals surface area contributed by atoms with Gasteiger partial charge < -0.3 is 4.74 Å². The van der Waals surface area contributed by atoms with E-state index in [0.29, 0.717) is 0 Å². The van der Waals surface area contributed by atoms with Crippen LogP contribution >= 0.6 is 0 Å². The zero-order valence-corrected chi connectivity index (χ0v) is 9.70. The van der Waals surface area contributed by atoms with Crippen LogP contribution in [-0.2, 0) is 0 Å². The number of para-hydroxylation sites is 1. The minimum Gasteiger partial charge on any atom is -0.493 e. The van der Waals surface area contributed by atoms with Crippen LogP contribution < -0.4 is 4.74 Å². The first kappa shape index (κ1) is 11.8. The minimum atomic E-state index is 0.753. The molecular weight excluding hydrogens is 184 g/mol. The topological polar surface area (TPSA) is 9.23 Å². The van der Waals surface area contributed by atoms with Gasteiger partial charge in [0.1, 0.15) is 5.75 Å². The van der Waals surface area contributed by atoms with Crippen LogP contribution in [0.5, 0.6) is 5.75 Å². The molecule has 1 nitrogen and oxygen atoms in total. The fourth-order valence-electron chi connectivity index (χ4n) is 1.45. The van der Waals surface area contributed by atoms with E-state index in [2.05, 4.69) is 20.4 Å². The minimum absolute atomic E-state index is 0.753. The van der Waals surface area contributed by atoms with E-state index in [4.69, 9.17) is 4.74 Å². The highest BCUT2D eigenvalue weighted by molar-refractivity contribution is 5.55. The molecule has 0 aromatic heterocycles. The number of ether oxygens (including phenoxy) is 1. The van der Waals surface area contributed by atoms with Crippen molar-refractivity contribution in [1.82, 2.24) is 0 Å². The average molecular weight is 204 g/mol. The van der Waals surface area contributed by atoms with Crippen molar-refractivity contribution < 1.29 is 4.74 Å². The van der Waals surface area contributed by atoms with Gasteiger partial charge in [-0.05, 0) is 24.8 Å². The molecule has 0 saturated heterocycles. The molecule has 1 heteroatoms. The smallest absolute Gasteiger partial charge is 0.126 e. The maximum atomic E-state index is 5.71. The molecular formula is C14H20O. The molecule has 0 saturated carbocycles. The summed E-state index contributed by atoms with van der Waals surface area (Å²) in [4.78, 5) is 0. The van der Waals surface area contributed by atoms with E-state index >= 15 is 0 Å². The lowest BCUT2D eigenvalue weighted by molar-refractivity contribution is 0.297. The fraction of sp³-hybridized carbons (Fsp3) is 0.429. The number of rotatable bonds is 6. The Bertz CT molecular complexity index is 302. The van der Waals surface area contributed by atoms with E-state index < -0.39 is 0 Å². The van der Waals surface area contributed by atoms with Crippen molar-refractivity contribution in [2.45, 2.75) is 26.7 Å². The van der Waals surface area contributed by atoms with E-state index in [1.165, 1.54) is 6.42 Å². The van der Waals surface area contributed by atoms with E-state index in [9.17, 15) is 0 Å². The van der Waals surface area contributed by atoms with Crippen molar-refractivity contribution >= 4 is 6.08 Å². The first-order chi connectivity index (χ1) is 7.24. The van der Waals surface area contributed by atoms with Crippen LogP contribution in [0.15, 0.2) is 30.8 Å². The lowest BCUT2D eigenvalue weighted by Crippen LogP contribution is -2.00. The molecule has 1 aromatic carbocycles. The highest BCUT2D eigenvalue weighted by Crippen LogP contribution is 2.19. The van der Waals surface area contributed by atoms with Crippen molar-refractivity contribution in [2.24, 2.45) is 5.92 Å². The zero-order chi connectivity index (χ0) is 11.1. The molecule has 0 atom stereocenters. The second-order valence-electron chi connectivity index (χ2n) is 4.13. The van der Waals surface area contributed by atoms with Gasteiger partial charge in [0.15, 0.2) is 0 Å². The maximum absolute atomic E-state index is 5.71. The third kappa shape index (κ3) is 4.20. The molecule has 0 fully saturated rings.